The van der Waals surface area contributed by atoms with Gasteiger partial charge in [-0.25, -0.2) is 4.98 Å². The van der Waals surface area contributed by atoms with Crippen LogP contribution in [0.4, 0.5) is 5.13 Å². The van der Waals surface area contributed by atoms with Crippen LogP contribution in [0.15, 0.2) is 33.2 Å². The zero-order chi connectivity index (χ0) is 12.3. The highest BCUT2D eigenvalue weighted by Crippen LogP contribution is 2.20. The van der Waals surface area contributed by atoms with Crippen LogP contribution >= 0.6 is 27.3 Å². The number of aryl methyl sites for hydroxylation is 1. The van der Waals surface area contributed by atoms with Gasteiger partial charge in [0.15, 0.2) is 0 Å². The number of aromatic hydroxyl groups is 1. The van der Waals surface area contributed by atoms with Gasteiger partial charge in [0, 0.05) is 15.4 Å². The van der Waals surface area contributed by atoms with E-state index in [0.29, 0.717) is 5.56 Å². The molecule has 1 heterocycles. The number of hydrogen-bond acceptors (Lipinski definition) is 5. The summed E-state index contributed by atoms with van der Waals surface area (Å²) in [5, 5.41) is 16.3. The van der Waals surface area contributed by atoms with Crippen LogP contribution < -0.4 is 5.43 Å². The smallest absolute Gasteiger partial charge is 0.203 e. The zero-order valence-corrected chi connectivity index (χ0v) is 11.4. The summed E-state index contributed by atoms with van der Waals surface area (Å²) < 4.78 is 0.891. The fraction of sp³-hybridized carbons (Fsp3) is 0.0909. The Labute approximate surface area is 111 Å². The van der Waals surface area contributed by atoms with Gasteiger partial charge in [0.1, 0.15) is 5.75 Å². The van der Waals surface area contributed by atoms with Crippen LogP contribution in [0.25, 0.3) is 0 Å². The molecule has 0 amide bonds. The highest BCUT2D eigenvalue weighted by atomic mass is 79.9. The minimum Gasteiger partial charge on any atom is -0.507 e. The summed E-state index contributed by atoms with van der Waals surface area (Å²) >= 11 is 4.82. The van der Waals surface area contributed by atoms with Gasteiger partial charge in [-0.3, -0.25) is 5.43 Å². The molecule has 1 aromatic carbocycles. The van der Waals surface area contributed by atoms with Gasteiger partial charge in [-0.15, -0.1) is 11.3 Å². The standard InChI is InChI=1S/C11H10BrN3OS/c1-7-6-17-11(14-7)15-13-5-8-4-9(12)2-3-10(8)16/h2-6,16H,1H3,(H,14,15). The van der Waals surface area contributed by atoms with Crippen molar-refractivity contribution in [3.8, 4) is 5.75 Å². The molecular weight excluding hydrogens is 302 g/mol. The number of hydrogen-bond donors (Lipinski definition) is 2. The maximum atomic E-state index is 9.58. The number of phenols is 1. The van der Waals surface area contributed by atoms with Crippen LogP contribution in [0.5, 0.6) is 5.75 Å². The van der Waals surface area contributed by atoms with Crippen molar-refractivity contribution in [1.29, 1.82) is 0 Å². The van der Waals surface area contributed by atoms with Crippen molar-refractivity contribution < 1.29 is 5.11 Å². The van der Waals surface area contributed by atoms with Crippen molar-refractivity contribution in [1.82, 2.24) is 4.98 Å². The molecule has 2 rings (SSSR count). The van der Waals surface area contributed by atoms with E-state index in [9.17, 15) is 5.11 Å². The molecule has 1 aromatic heterocycles. The van der Waals surface area contributed by atoms with Crippen molar-refractivity contribution in [2.75, 3.05) is 5.43 Å². The number of nitrogens with one attached hydrogen (secondary N) is 1. The molecule has 0 aliphatic heterocycles. The first-order valence-corrected chi connectivity index (χ1v) is 6.52. The number of rotatable bonds is 3. The van der Waals surface area contributed by atoms with Crippen molar-refractivity contribution in [2.24, 2.45) is 5.10 Å². The summed E-state index contributed by atoms with van der Waals surface area (Å²) in [5.41, 5.74) is 4.41. The van der Waals surface area contributed by atoms with E-state index in [1.165, 1.54) is 11.3 Å². The van der Waals surface area contributed by atoms with Gasteiger partial charge >= 0.3 is 0 Å². The number of nitrogens with zero attached hydrogens (tertiary/aromatic N) is 2. The summed E-state index contributed by atoms with van der Waals surface area (Å²) in [6, 6.07) is 5.16. The number of aromatic nitrogens is 1. The first-order valence-electron chi connectivity index (χ1n) is 4.85. The lowest BCUT2D eigenvalue weighted by molar-refractivity contribution is 0.474. The first-order chi connectivity index (χ1) is 8.15. The lowest BCUT2D eigenvalue weighted by atomic mass is 10.2. The Morgan fingerprint density at radius 3 is 3.06 bits per heavy atom. The zero-order valence-electron chi connectivity index (χ0n) is 9.01. The van der Waals surface area contributed by atoms with E-state index >= 15 is 0 Å². The second-order valence-corrected chi connectivity index (χ2v) is 5.14. The lowest BCUT2D eigenvalue weighted by Gasteiger charge is -1.99. The number of benzene rings is 1. The van der Waals surface area contributed by atoms with E-state index in [-0.39, 0.29) is 5.75 Å². The van der Waals surface area contributed by atoms with Gasteiger partial charge in [-0.2, -0.15) is 5.10 Å². The normalized spacial score (nSPS) is 10.9. The van der Waals surface area contributed by atoms with Crippen LogP contribution in [0, 0.1) is 6.92 Å². The molecule has 17 heavy (non-hydrogen) atoms. The monoisotopic (exact) mass is 311 g/mol. The van der Waals surface area contributed by atoms with E-state index in [4.69, 9.17) is 0 Å². The van der Waals surface area contributed by atoms with Crippen LogP contribution in [-0.4, -0.2) is 16.3 Å². The average Bonchev–Trinajstić information content (AvgIpc) is 2.69. The molecule has 0 atom stereocenters. The topological polar surface area (TPSA) is 57.5 Å². The summed E-state index contributed by atoms with van der Waals surface area (Å²) in [7, 11) is 0. The van der Waals surface area contributed by atoms with Crippen LogP contribution in [-0.2, 0) is 0 Å². The van der Waals surface area contributed by atoms with Gasteiger partial charge in [0.2, 0.25) is 5.13 Å². The molecule has 0 radical (unpaired) electrons. The third kappa shape index (κ3) is 3.28. The minimum absolute atomic E-state index is 0.189. The van der Waals surface area contributed by atoms with Gasteiger partial charge in [0.05, 0.1) is 11.9 Å². The second kappa shape index (κ2) is 5.29. The Morgan fingerprint density at radius 2 is 2.35 bits per heavy atom. The Morgan fingerprint density at radius 1 is 1.53 bits per heavy atom. The molecule has 6 heteroatoms. The van der Waals surface area contributed by atoms with E-state index in [0.717, 1.165) is 15.3 Å². The third-order valence-electron chi connectivity index (χ3n) is 1.97. The summed E-state index contributed by atoms with van der Waals surface area (Å²) in [4.78, 5) is 4.20. The molecular formula is C11H10BrN3OS. The average molecular weight is 312 g/mol. The van der Waals surface area contributed by atoms with Gasteiger partial charge in [-0.05, 0) is 25.1 Å². The molecule has 0 aliphatic rings. The maximum absolute atomic E-state index is 9.58. The van der Waals surface area contributed by atoms with Gasteiger partial charge in [0.25, 0.3) is 0 Å². The number of thiazole rings is 1. The molecule has 0 aliphatic carbocycles. The third-order valence-corrected chi connectivity index (χ3v) is 3.33. The second-order valence-electron chi connectivity index (χ2n) is 3.37. The highest BCUT2D eigenvalue weighted by Gasteiger charge is 1.99. The Balaban J connectivity index is 2.07. The molecule has 0 spiro atoms. The SMILES string of the molecule is Cc1csc(NN=Cc2cc(Br)ccc2O)n1. The predicted molar refractivity (Wildman–Crippen MR) is 73.9 cm³/mol. The summed E-state index contributed by atoms with van der Waals surface area (Å²) in [5.74, 6) is 0.189. The Hall–Kier alpha value is -1.40. The molecule has 2 N–H and O–H groups in total. The predicted octanol–water partition coefficient (Wildman–Crippen LogP) is 3.37. The number of anilines is 1. The molecule has 0 saturated carbocycles. The van der Waals surface area contributed by atoms with Crippen LogP contribution in [0.2, 0.25) is 0 Å². The molecule has 0 fully saturated rings. The fourth-order valence-electron chi connectivity index (χ4n) is 1.19. The molecule has 2 aromatic rings. The molecule has 4 nitrogen and oxygen atoms in total. The maximum Gasteiger partial charge on any atom is 0.203 e. The van der Waals surface area contributed by atoms with E-state index < -0.39 is 0 Å². The Kier molecular flexibility index (Phi) is 3.75. The molecule has 0 saturated heterocycles. The van der Waals surface area contributed by atoms with Crippen molar-refractivity contribution in [3.05, 3.63) is 39.3 Å². The number of phenolic OH excluding ortho intramolecular Hbond substituents is 1. The largest absolute Gasteiger partial charge is 0.507 e. The molecule has 0 bridgehead atoms. The highest BCUT2D eigenvalue weighted by molar-refractivity contribution is 9.10. The number of hydrazone groups is 1. The van der Waals surface area contributed by atoms with Crippen molar-refractivity contribution in [2.45, 2.75) is 6.92 Å². The minimum atomic E-state index is 0.189. The van der Waals surface area contributed by atoms with Gasteiger partial charge in [-0.1, -0.05) is 15.9 Å². The van der Waals surface area contributed by atoms with Crippen molar-refractivity contribution in [3.63, 3.8) is 0 Å². The lowest BCUT2D eigenvalue weighted by Crippen LogP contribution is -1.90. The van der Waals surface area contributed by atoms with Crippen LogP contribution in [0.1, 0.15) is 11.3 Å². The molecule has 0 unspecified atom stereocenters. The van der Waals surface area contributed by atoms with Crippen LogP contribution in [0.3, 0.4) is 0 Å². The molecule has 88 valence electrons. The quantitative estimate of drug-likeness (QED) is 0.675. The summed E-state index contributed by atoms with van der Waals surface area (Å²) in [6.07, 6.45) is 1.55. The summed E-state index contributed by atoms with van der Waals surface area (Å²) in [6.45, 7) is 1.92. The van der Waals surface area contributed by atoms with Gasteiger partial charge < -0.3 is 5.11 Å². The first kappa shape index (κ1) is 12.1. The number of halogens is 1. The van der Waals surface area contributed by atoms with E-state index in [1.54, 1.807) is 24.4 Å². The van der Waals surface area contributed by atoms with Crippen molar-refractivity contribution >= 4 is 38.6 Å². The van der Waals surface area contributed by atoms with E-state index in [2.05, 4.69) is 31.4 Å². The Bertz CT molecular complexity index is 553. The fourth-order valence-corrected chi connectivity index (χ4v) is 2.21. The van der Waals surface area contributed by atoms with E-state index in [1.807, 2.05) is 12.3 Å².